The zero-order valence-electron chi connectivity index (χ0n) is 9.88. The van der Waals surface area contributed by atoms with Gasteiger partial charge in [0.2, 0.25) is 0 Å². The highest BCUT2D eigenvalue weighted by Crippen LogP contribution is 2.21. The molecule has 0 unspecified atom stereocenters. The van der Waals surface area contributed by atoms with E-state index in [2.05, 4.69) is 25.2 Å². The smallest absolute Gasteiger partial charge is 0.0621 e. The molecule has 3 heteroatoms. The Kier molecular flexibility index (Phi) is 5.07. The molecule has 0 atom stereocenters. The van der Waals surface area contributed by atoms with Crippen LogP contribution in [-0.2, 0) is 4.74 Å². The molecule has 0 aromatic rings. The molecule has 0 radical (unpaired) electrons. The molecule has 0 saturated carbocycles. The van der Waals surface area contributed by atoms with Crippen LogP contribution in [0.2, 0.25) is 0 Å². The van der Waals surface area contributed by atoms with Gasteiger partial charge in [-0.3, -0.25) is 0 Å². The molecular weight excluding hydrogens is 188 g/mol. The molecule has 1 N–H and O–H groups in total. The van der Waals surface area contributed by atoms with Gasteiger partial charge in [0.15, 0.2) is 0 Å². The van der Waals surface area contributed by atoms with Crippen LogP contribution in [0.4, 0.5) is 0 Å². The zero-order valence-corrected chi connectivity index (χ0v) is 9.88. The Bertz CT molecular complexity index is 214. The molecule has 0 aliphatic carbocycles. The lowest BCUT2D eigenvalue weighted by Crippen LogP contribution is -2.40. The molecule has 1 aliphatic rings. The quantitative estimate of drug-likeness (QED) is 0.755. The summed E-state index contributed by atoms with van der Waals surface area (Å²) < 4.78 is 5.31. The lowest BCUT2D eigenvalue weighted by atomic mass is 9.87. The van der Waals surface area contributed by atoms with Crippen molar-refractivity contribution in [2.45, 2.75) is 45.6 Å². The number of hydrogen-bond acceptors (Lipinski definition) is 3. The van der Waals surface area contributed by atoms with Gasteiger partial charge >= 0.3 is 0 Å². The van der Waals surface area contributed by atoms with E-state index in [1.807, 2.05) is 0 Å². The van der Waals surface area contributed by atoms with Crippen molar-refractivity contribution in [2.24, 2.45) is 5.41 Å². The van der Waals surface area contributed by atoms with Crippen molar-refractivity contribution in [1.29, 1.82) is 5.26 Å². The second-order valence-corrected chi connectivity index (χ2v) is 5.09. The normalized spacial score (nSPS) is 18.7. The third kappa shape index (κ3) is 5.15. The minimum Gasteiger partial charge on any atom is -0.381 e. The molecule has 3 nitrogen and oxygen atoms in total. The summed E-state index contributed by atoms with van der Waals surface area (Å²) >= 11 is 0. The summed E-state index contributed by atoms with van der Waals surface area (Å²) in [4.78, 5) is 0. The van der Waals surface area contributed by atoms with Gasteiger partial charge in [0.25, 0.3) is 0 Å². The Labute approximate surface area is 92.8 Å². The molecule has 15 heavy (non-hydrogen) atoms. The molecule has 1 saturated heterocycles. The van der Waals surface area contributed by atoms with Crippen molar-refractivity contribution in [3.8, 4) is 6.07 Å². The van der Waals surface area contributed by atoms with Crippen molar-refractivity contribution >= 4 is 0 Å². The lowest BCUT2D eigenvalue weighted by molar-refractivity contribution is 0.0749. The van der Waals surface area contributed by atoms with E-state index in [1.165, 1.54) is 0 Å². The first-order valence-electron chi connectivity index (χ1n) is 5.82. The van der Waals surface area contributed by atoms with Gasteiger partial charge in [0, 0.05) is 32.2 Å². The van der Waals surface area contributed by atoms with Crippen molar-refractivity contribution in [3.63, 3.8) is 0 Å². The molecule has 1 heterocycles. The number of nitrogens with zero attached hydrogens (tertiary/aromatic N) is 1. The van der Waals surface area contributed by atoms with Crippen molar-refractivity contribution in [1.82, 2.24) is 5.32 Å². The van der Waals surface area contributed by atoms with Crippen LogP contribution < -0.4 is 5.32 Å². The number of nitrogens with one attached hydrogen (secondary N) is 1. The van der Waals surface area contributed by atoms with Crippen LogP contribution in [0.25, 0.3) is 0 Å². The van der Waals surface area contributed by atoms with Gasteiger partial charge in [0.1, 0.15) is 0 Å². The first-order valence-corrected chi connectivity index (χ1v) is 5.82. The number of rotatable bonds is 5. The largest absolute Gasteiger partial charge is 0.381 e. The van der Waals surface area contributed by atoms with Crippen LogP contribution in [0.15, 0.2) is 0 Å². The van der Waals surface area contributed by atoms with Gasteiger partial charge in [-0.1, -0.05) is 13.8 Å². The summed E-state index contributed by atoms with van der Waals surface area (Å²) in [5.41, 5.74) is 0.230. The van der Waals surface area contributed by atoms with Gasteiger partial charge in [-0.25, -0.2) is 0 Å². The Morgan fingerprint density at radius 1 is 1.40 bits per heavy atom. The second-order valence-electron chi connectivity index (χ2n) is 5.09. The van der Waals surface area contributed by atoms with E-state index in [0.29, 0.717) is 12.5 Å². The van der Waals surface area contributed by atoms with Gasteiger partial charge in [-0.15, -0.1) is 0 Å². The standard InChI is InChI=1S/C12H22N2O/c1-12(2,6-3-7-13)10-14-11-4-8-15-9-5-11/h11,14H,3-6,8-10H2,1-2H3. The number of ether oxygens (including phenoxy) is 1. The lowest BCUT2D eigenvalue weighted by Gasteiger charge is -2.29. The third-order valence-corrected chi connectivity index (χ3v) is 3.00. The Hall–Kier alpha value is -0.590. The molecule has 1 rings (SSSR count). The highest BCUT2D eigenvalue weighted by atomic mass is 16.5. The summed E-state index contributed by atoms with van der Waals surface area (Å²) in [6, 6.07) is 2.83. The van der Waals surface area contributed by atoms with Crippen LogP contribution in [0.5, 0.6) is 0 Å². The van der Waals surface area contributed by atoms with Crippen LogP contribution in [0, 0.1) is 16.7 Å². The van der Waals surface area contributed by atoms with E-state index in [4.69, 9.17) is 10.00 Å². The van der Waals surface area contributed by atoms with Crippen LogP contribution in [-0.4, -0.2) is 25.8 Å². The molecular formula is C12H22N2O. The average Bonchev–Trinajstić information content (AvgIpc) is 2.25. The fourth-order valence-corrected chi connectivity index (χ4v) is 1.81. The minimum absolute atomic E-state index is 0.230. The summed E-state index contributed by atoms with van der Waals surface area (Å²) in [5.74, 6) is 0. The van der Waals surface area contributed by atoms with E-state index in [1.54, 1.807) is 0 Å². The molecule has 0 bridgehead atoms. The predicted octanol–water partition coefficient (Wildman–Crippen LogP) is 2.08. The highest BCUT2D eigenvalue weighted by Gasteiger charge is 2.20. The van der Waals surface area contributed by atoms with E-state index >= 15 is 0 Å². The first kappa shape index (κ1) is 12.5. The van der Waals surface area contributed by atoms with Gasteiger partial charge in [-0.2, -0.15) is 5.26 Å². The van der Waals surface area contributed by atoms with Gasteiger partial charge in [0.05, 0.1) is 6.07 Å². The summed E-state index contributed by atoms with van der Waals surface area (Å²) in [6.07, 6.45) is 3.87. The van der Waals surface area contributed by atoms with Crippen molar-refractivity contribution in [3.05, 3.63) is 0 Å². The molecule has 1 aliphatic heterocycles. The fraction of sp³-hybridized carbons (Fsp3) is 0.917. The second kappa shape index (κ2) is 6.09. The topological polar surface area (TPSA) is 45.0 Å². The van der Waals surface area contributed by atoms with Gasteiger partial charge < -0.3 is 10.1 Å². The maximum Gasteiger partial charge on any atom is 0.0621 e. The van der Waals surface area contributed by atoms with Crippen molar-refractivity contribution < 1.29 is 4.74 Å². The van der Waals surface area contributed by atoms with Crippen molar-refractivity contribution in [2.75, 3.05) is 19.8 Å². The Morgan fingerprint density at radius 2 is 2.07 bits per heavy atom. The van der Waals surface area contributed by atoms with Gasteiger partial charge in [-0.05, 0) is 24.7 Å². The SMILES string of the molecule is CC(C)(CCC#N)CNC1CCOCC1. The number of hydrogen-bond donors (Lipinski definition) is 1. The molecule has 86 valence electrons. The van der Waals surface area contributed by atoms with Crippen LogP contribution in [0.1, 0.15) is 39.5 Å². The van der Waals surface area contributed by atoms with E-state index in [-0.39, 0.29) is 5.41 Å². The maximum atomic E-state index is 8.56. The zero-order chi connectivity index (χ0) is 11.1. The highest BCUT2D eigenvalue weighted by molar-refractivity contribution is 4.81. The minimum atomic E-state index is 0.230. The average molecular weight is 210 g/mol. The summed E-state index contributed by atoms with van der Waals surface area (Å²) in [7, 11) is 0. The molecule has 0 spiro atoms. The Balaban J connectivity index is 2.19. The molecule has 0 aromatic heterocycles. The monoisotopic (exact) mass is 210 g/mol. The summed E-state index contributed by atoms with van der Waals surface area (Å²) in [6.45, 7) is 7.21. The molecule has 0 aromatic carbocycles. The third-order valence-electron chi connectivity index (χ3n) is 3.00. The van der Waals surface area contributed by atoms with E-state index < -0.39 is 0 Å². The number of nitriles is 1. The van der Waals surface area contributed by atoms with Crippen LogP contribution in [0.3, 0.4) is 0 Å². The maximum absolute atomic E-state index is 8.56. The first-order chi connectivity index (χ1) is 7.14. The molecule has 1 fully saturated rings. The van der Waals surface area contributed by atoms with E-state index in [9.17, 15) is 0 Å². The van der Waals surface area contributed by atoms with Crippen LogP contribution >= 0.6 is 0 Å². The fourth-order valence-electron chi connectivity index (χ4n) is 1.81. The van der Waals surface area contributed by atoms with E-state index in [0.717, 1.165) is 39.0 Å². The molecule has 0 amide bonds. The predicted molar refractivity (Wildman–Crippen MR) is 60.5 cm³/mol. The summed E-state index contributed by atoms with van der Waals surface area (Å²) in [5, 5.41) is 12.1. The Morgan fingerprint density at radius 3 is 2.67 bits per heavy atom.